The quantitative estimate of drug-likeness (QED) is 0.878. The molecule has 3 rings (SSSR count). The Bertz CT molecular complexity index is 494. The van der Waals surface area contributed by atoms with E-state index in [2.05, 4.69) is 27.3 Å². The van der Waals surface area contributed by atoms with Crippen LogP contribution in [0.1, 0.15) is 12.8 Å². The van der Waals surface area contributed by atoms with Gasteiger partial charge >= 0.3 is 0 Å². The second kappa shape index (κ2) is 4.91. The van der Waals surface area contributed by atoms with E-state index in [0.717, 1.165) is 19.6 Å². The van der Waals surface area contributed by atoms with Crippen LogP contribution in [0.25, 0.3) is 11.6 Å². The monoisotopic (exact) mass is 248 g/mol. The minimum Gasteiger partial charge on any atom is -0.461 e. The van der Waals surface area contributed by atoms with Crippen LogP contribution >= 0.6 is 0 Å². The van der Waals surface area contributed by atoms with Gasteiger partial charge in [0.15, 0.2) is 5.76 Å². The molecule has 0 spiro atoms. The van der Waals surface area contributed by atoms with E-state index in [-0.39, 0.29) is 0 Å². The number of furan rings is 1. The van der Waals surface area contributed by atoms with Gasteiger partial charge in [0.2, 0.25) is 11.7 Å². The maximum Gasteiger partial charge on any atom is 0.241 e. The summed E-state index contributed by atoms with van der Waals surface area (Å²) >= 11 is 0. The molecule has 1 N–H and O–H groups in total. The second-order valence-electron chi connectivity index (χ2n) is 4.58. The van der Waals surface area contributed by atoms with Crippen LogP contribution in [0.3, 0.4) is 0 Å². The summed E-state index contributed by atoms with van der Waals surface area (Å²) in [7, 11) is 0. The van der Waals surface area contributed by atoms with Gasteiger partial charge in [0.05, 0.1) is 12.8 Å². The molecule has 1 saturated heterocycles. The molecule has 0 aromatic carbocycles. The first-order valence-electron chi connectivity index (χ1n) is 6.13. The van der Waals surface area contributed by atoms with Crippen LogP contribution in [0.2, 0.25) is 0 Å². The maximum atomic E-state index is 5.24. The van der Waals surface area contributed by atoms with Crippen molar-refractivity contribution in [2.45, 2.75) is 19.5 Å². The summed E-state index contributed by atoms with van der Waals surface area (Å²) < 4.78 is 10.5. The summed E-state index contributed by atoms with van der Waals surface area (Å²) in [5.74, 6) is 1.78. The van der Waals surface area contributed by atoms with Crippen molar-refractivity contribution in [3.8, 4) is 11.6 Å². The molecule has 18 heavy (non-hydrogen) atoms. The zero-order valence-electron chi connectivity index (χ0n) is 10.3. The van der Waals surface area contributed by atoms with Crippen molar-refractivity contribution in [2.75, 3.05) is 19.6 Å². The van der Waals surface area contributed by atoms with Crippen molar-refractivity contribution in [3.05, 3.63) is 24.3 Å². The Kier molecular flexibility index (Phi) is 3.12. The fourth-order valence-electron chi connectivity index (χ4n) is 2.17. The minimum absolute atomic E-state index is 0.506. The lowest BCUT2D eigenvalue weighted by Crippen LogP contribution is -2.48. The van der Waals surface area contributed by atoms with Gasteiger partial charge in [0.1, 0.15) is 0 Å². The number of nitrogens with one attached hydrogen (secondary N) is 1. The Hall–Kier alpha value is -1.66. The second-order valence-corrected chi connectivity index (χ2v) is 4.58. The predicted molar refractivity (Wildman–Crippen MR) is 64.7 cm³/mol. The smallest absolute Gasteiger partial charge is 0.241 e. The van der Waals surface area contributed by atoms with E-state index in [4.69, 9.17) is 8.94 Å². The first-order valence-corrected chi connectivity index (χ1v) is 6.13. The highest BCUT2D eigenvalue weighted by Crippen LogP contribution is 2.16. The largest absolute Gasteiger partial charge is 0.461 e. The Morgan fingerprint density at radius 3 is 3.28 bits per heavy atom. The van der Waals surface area contributed by atoms with Gasteiger partial charge < -0.3 is 14.3 Å². The molecule has 1 atom stereocenters. The summed E-state index contributed by atoms with van der Waals surface area (Å²) in [6.45, 7) is 5.87. The molecule has 1 unspecified atom stereocenters. The van der Waals surface area contributed by atoms with E-state index in [1.54, 1.807) is 6.26 Å². The van der Waals surface area contributed by atoms with Crippen molar-refractivity contribution in [2.24, 2.45) is 0 Å². The summed E-state index contributed by atoms with van der Waals surface area (Å²) in [6.07, 6.45) is 1.60. The fourth-order valence-corrected chi connectivity index (χ4v) is 2.17. The topological polar surface area (TPSA) is 67.3 Å². The normalized spacial score (nSPS) is 21.3. The molecule has 96 valence electrons. The van der Waals surface area contributed by atoms with E-state index in [0.29, 0.717) is 30.1 Å². The van der Waals surface area contributed by atoms with Gasteiger partial charge in [-0.05, 0) is 19.1 Å². The number of hydrogen-bond acceptors (Lipinski definition) is 6. The molecule has 6 nitrogen and oxygen atoms in total. The minimum atomic E-state index is 0.506. The van der Waals surface area contributed by atoms with Crippen LogP contribution in [0.4, 0.5) is 0 Å². The highest BCUT2D eigenvalue weighted by atomic mass is 16.5. The van der Waals surface area contributed by atoms with Gasteiger partial charge in [-0.25, -0.2) is 0 Å². The lowest BCUT2D eigenvalue weighted by atomic mass is 10.2. The Morgan fingerprint density at radius 1 is 1.56 bits per heavy atom. The third-order valence-electron chi connectivity index (χ3n) is 3.02. The Labute approximate surface area is 105 Å². The van der Waals surface area contributed by atoms with Crippen LogP contribution in [0.15, 0.2) is 27.3 Å². The molecule has 1 fully saturated rings. The first kappa shape index (κ1) is 11.4. The van der Waals surface area contributed by atoms with Gasteiger partial charge in [-0.3, -0.25) is 4.90 Å². The summed E-state index contributed by atoms with van der Waals surface area (Å²) in [5, 5.41) is 7.32. The van der Waals surface area contributed by atoms with Gasteiger partial charge in [-0.15, -0.1) is 0 Å². The standard InChI is InChI=1S/C12H16N4O2/c1-9-7-16(5-4-13-9)8-11-14-12(15-18-11)10-3-2-6-17-10/h2-3,6,9,13H,4-5,7-8H2,1H3. The molecule has 1 aliphatic rings. The number of piperazine rings is 1. The molecule has 3 heterocycles. The third kappa shape index (κ3) is 2.44. The molecule has 2 aromatic heterocycles. The van der Waals surface area contributed by atoms with E-state index in [9.17, 15) is 0 Å². The van der Waals surface area contributed by atoms with Crippen LogP contribution in [0.5, 0.6) is 0 Å². The third-order valence-corrected chi connectivity index (χ3v) is 3.02. The molecule has 6 heteroatoms. The van der Waals surface area contributed by atoms with Gasteiger partial charge in [-0.1, -0.05) is 5.16 Å². The molecule has 0 bridgehead atoms. The van der Waals surface area contributed by atoms with E-state index < -0.39 is 0 Å². The first-order chi connectivity index (χ1) is 8.81. The Balaban J connectivity index is 1.66. The van der Waals surface area contributed by atoms with E-state index >= 15 is 0 Å². The molecule has 0 saturated carbocycles. The molecular formula is C12H16N4O2. The van der Waals surface area contributed by atoms with Crippen LogP contribution in [-0.2, 0) is 6.54 Å². The lowest BCUT2D eigenvalue weighted by molar-refractivity contribution is 0.177. The number of rotatable bonds is 3. The molecule has 0 radical (unpaired) electrons. The summed E-state index contributed by atoms with van der Waals surface area (Å²) in [5.41, 5.74) is 0. The van der Waals surface area contributed by atoms with Crippen LogP contribution in [-0.4, -0.2) is 40.7 Å². The van der Waals surface area contributed by atoms with Gasteiger partial charge in [0, 0.05) is 25.7 Å². The maximum absolute atomic E-state index is 5.24. The highest BCUT2D eigenvalue weighted by molar-refractivity contribution is 5.44. The molecule has 2 aromatic rings. The zero-order chi connectivity index (χ0) is 12.4. The average Bonchev–Trinajstić information content (AvgIpc) is 2.98. The summed E-state index contributed by atoms with van der Waals surface area (Å²) in [6, 6.07) is 4.14. The van der Waals surface area contributed by atoms with Crippen molar-refractivity contribution in [1.29, 1.82) is 0 Å². The van der Waals surface area contributed by atoms with Crippen LogP contribution < -0.4 is 5.32 Å². The lowest BCUT2D eigenvalue weighted by Gasteiger charge is -2.30. The predicted octanol–water partition coefficient (Wildman–Crippen LogP) is 1.12. The highest BCUT2D eigenvalue weighted by Gasteiger charge is 2.19. The number of aromatic nitrogens is 2. The fraction of sp³-hybridized carbons (Fsp3) is 0.500. The SMILES string of the molecule is CC1CN(Cc2nc(-c3ccco3)no2)CCN1. The van der Waals surface area contributed by atoms with Crippen molar-refractivity contribution in [3.63, 3.8) is 0 Å². The van der Waals surface area contributed by atoms with Crippen molar-refractivity contribution >= 4 is 0 Å². The number of hydrogen-bond donors (Lipinski definition) is 1. The summed E-state index contributed by atoms with van der Waals surface area (Å²) in [4.78, 5) is 6.64. The molecular weight excluding hydrogens is 232 g/mol. The molecule has 0 aliphatic carbocycles. The van der Waals surface area contributed by atoms with Crippen molar-refractivity contribution in [1.82, 2.24) is 20.4 Å². The van der Waals surface area contributed by atoms with E-state index in [1.165, 1.54) is 0 Å². The van der Waals surface area contributed by atoms with Crippen molar-refractivity contribution < 1.29 is 8.94 Å². The molecule has 1 aliphatic heterocycles. The number of nitrogens with zero attached hydrogens (tertiary/aromatic N) is 3. The van der Waals surface area contributed by atoms with Gasteiger partial charge in [0.25, 0.3) is 0 Å². The Morgan fingerprint density at radius 2 is 2.50 bits per heavy atom. The zero-order valence-corrected chi connectivity index (χ0v) is 10.3. The van der Waals surface area contributed by atoms with Crippen LogP contribution in [0, 0.1) is 0 Å². The van der Waals surface area contributed by atoms with E-state index in [1.807, 2.05) is 12.1 Å². The molecule has 0 amide bonds. The van der Waals surface area contributed by atoms with Gasteiger partial charge in [-0.2, -0.15) is 4.98 Å². The average molecular weight is 248 g/mol.